The number of aromatic nitrogens is 1. The van der Waals surface area contributed by atoms with Crippen LogP contribution in [0.3, 0.4) is 0 Å². The van der Waals surface area contributed by atoms with Crippen molar-refractivity contribution in [2.45, 2.75) is 19.4 Å². The average molecular weight is 481 g/mol. The SMILES string of the molecule is CNC(=O)c1c(Oc2cccc(/C(N)=C/C=NCc3cccc(CCC=O)c3)c2)ccc2[nH]ccc12. The van der Waals surface area contributed by atoms with Crippen LogP contribution in [0.25, 0.3) is 16.6 Å². The third-order valence-corrected chi connectivity index (χ3v) is 5.72. The van der Waals surface area contributed by atoms with Gasteiger partial charge in [0.25, 0.3) is 5.91 Å². The maximum Gasteiger partial charge on any atom is 0.255 e. The molecular formula is C29H28N4O3. The van der Waals surface area contributed by atoms with Crippen molar-refractivity contribution in [3.05, 3.63) is 101 Å². The van der Waals surface area contributed by atoms with Crippen LogP contribution in [0.15, 0.2) is 84.0 Å². The fourth-order valence-electron chi connectivity index (χ4n) is 3.92. The van der Waals surface area contributed by atoms with Gasteiger partial charge < -0.3 is 25.6 Å². The number of ether oxygens (including phenoxy) is 1. The van der Waals surface area contributed by atoms with E-state index in [0.717, 1.165) is 40.3 Å². The Balaban J connectivity index is 1.47. The third kappa shape index (κ3) is 5.88. The van der Waals surface area contributed by atoms with Crippen molar-refractivity contribution in [2.24, 2.45) is 10.7 Å². The molecule has 36 heavy (non-hydrogen) atoms. The Morgan fingerprint density at radius 1 is 1.08 bits per heavy atom. The van der Waals surface area contributed by atoms with E-state index in [9.17, 15) is 9.59 Å². The first-order chi connectivity index (χ1) is 17.6. The van der Waals surface area contributed by atoms with Crippen LogP contribution in [-0.4, -0.2) is 30.4 Å². The minimum atomic E-state index is -0.226. The van der Waals surface area contributed by atoms with Crippen LogP contribution >= 0.6 is 0 Å². The minimum Gasteiger partial charge on any atom is -0.456 e. The first-order valence-electron chi connectivity index (χ1n) is 11.7. The van der Waals surface area contributed by atoms with Crippen LogP contribution in [0.1, 0.15) is 33.5 Å². The van der Waals surface area contributed by atoms with Crippen LogP contribution < -0.4 is 15.8 Å². The smallest absolute Gasteiger partial charge is 0.255 e. The largest absolute Gasteiger partial charge is 0.456 e. The Morgan fingerprint density at radius 3 is 2.75 bits per heavy atom. The molecule has 1 aromatic heterocycles. The highest BCUT2D eigenvalue weighted by molar-refractivity contribution is 6.08. The van der Waals surface area contributed by atoms with E-state index in [0.29, 0.717) is 35.7 Å². The molecule has 1 heterocycles. The zero-order valence-electron chi connectivity index (χ0n) is 20.0. The van der Waals surface area contributed by atoms with Gasteiger partial charge in [0, 0.05) is 48.0 Å². The van der Waals surface area contributed by atoms with Gasteiger partial charge in [-0.15, -0.1) is 0 Å². The van der Waals surface area contributed by atoms with Gasteiger partial charge in [0.2, 0.25) is 0 Å². The number of H-pyrrole nitrogens is 1. The highest BCUT2D eigenvalue weighted by Gasteiger charge is 2.17. The van der Waals surface area contributed by atoms with Gasteiger partial charge in [-0.25, -0.2) is 0 Å². The molecule has 0 radical (unpaired) electrons. The van der Waals surface area contributed by atoms with E-state index < -0.39 is 0 Å². The zero-order chi connectivity index (χ0) is 25.3. The molecule has 182 valence electrons. The van der Waals surface area contributed by atoms with E-state index in [4.69, 9.17) is 10.5 Å². The second-order valence-electron chi connectivity index (χ2n) is 8.22. The van der Waals surface area contributed by atoms with Gasteiger partial charge in [-0.1, -0.05) is 36.4 Å². The van der Waals surface area contributed by atoms with E-state index in [1.165, 1.54) is 0 Å². The van der Waals surface area contributed by atoms with Gasteiger partial charge in [0.05, 0.1) is 12.1 Å². The van der Waals surface area contributed by atoms with E-state index in [2.05, 4.69) is 21.4 Å². The summed E-state index contributed by atoms with van der Waals surface area (Å²) in [5.41, 5.74) is 11.1. The standard InChI is InChI=1S/C29H28N4O3/c1-31-29(35)28-24-12-15-33-26(24)10-11-27(28)36-23-9-3-8-22(18-23)25(30)13-14-32-19-21-6-2-5-20(17-21)7-4-16-34/h2-3,5-6,8-18,33H,4,7,19,30H2,1H3,(H,31,35)/b25-13-,32-14?. The summed E-state index contributed by atoms with van der Waals surface area (Å²) in [6.07, 6.45) is 7.40. The van der Waals surface area contributed by atoms with Crippen LogP contribution in [-0.2, 0) is 17.8 Å². The lowest BCUT2D eigenvalue weighted by Crippen LogP contribution is -2.18. The molecular weight excluding hydrogens is 452 g/mol. The first-order valence-corrected chi connectivity index (χ1v) is 11.7. The minimum absolute atomic E-state index is 0.226. The molecule has 0 aliphatic carbocycles. The number of aryl methyl sites for hydroxylation is 1. The lowest BCUT2D eigenvalue weighted by atomic mass is 10.1. The molecule has 0 aliphatic heterocycles. The maximum absolute atomic E-state index is 12.6. The molecule has 0 saturated heterocycles. The number of allylic oxidation sites excluding steroid dienone is 1. The van der Waals surface area contributed by atoms with Gasteiger partial charge in [0.15, 0.2) is 0 Å². The van der Waals surface area contributed by atoms with Crippen molar-refractivity contribution in [3.8, 4) is 11.5 Å². The van der Waals surface area contributed by atoms with E-state index in [1.54, 1.807) is 31.6 Å². The number of carbonyl (C=O) groups is 2. The van der Waals surface area contributed by atoms with E-state index >= 15 is 0 Å². The summed E-state index contributed by atoms with van der Waals surface area (Å²) in [5, 5.41) is 3.47. The number of amides is 1. The second-order valence-corrected chi connectivity index (χ2v) is 8.22. The van der Waals surface area contributed by atoms with Crippen molar-refractivity contribution >= 4 is 35.0 Å². The van der Waals surface area contributed by atoms with E-state index in [1.807, 2.05) is 54.6 Å². The van der Waals surface area contributed by atoms with Crippen LogP contribution in [0, 0.1) is 0 Å². The number of hydrogen-bond acceptors (Lipinski definition) is 5. The average Bonchev–Trinajstić information content (AvgIpc) is 3.38. The fraction of sp³-hybridized carbons (Fsp3) is 0.138. The number of aldehydes is 1. The second kappa shape index (κ2) is 11.7. The molecule has 3 aromatic carbocycles. The normalized spacial score (nSPS) is 11.6. The summed E-state index contributed by atoms with van der Waals surface area (Å²) >= 11 is 0. The quantitative estimate of drug-likeness (QED) is 0.219. The molecule has 0 aliphatic rings. The van der Waals surface area contributed by atoms with Crippen LogP contribution in [0.5, 0.6) is 11.5 Å². The van der Waals surface area contributed by atoms with Crippen molar-refractivity contribution < 1.29 is 14.3 Å². The monoisotopic (exact) mass is 480 g/mol. The predicted octanol–water partition coefficient (Wildman–Crippen LogP) is 5.02. The number of aromatic amines is 1. The molecule has 0 spiro atoms. The van der Waals surface area contributed by atoms with Crippen LogP contribution in [0.2, 0.25) is 0 Å². The number of nitrogens with zero attached hydrogens (tertiary/aromatic N) is 1. The summed E-state index contributed by atoms with van der Waals surface area (Å²) in [6, 6.07) is 20.9. The number of rotatable bonds is 10. The Morgan fingerprint density at radius 2 is 1.92 bits per heavy atom. The van der Waals surface area contributed by atoms with Crippen LogP contribution in [0.4, 0.5) is 0 Å². The topological polar surface area (TPSA) is 110 Å². The summed E-state index contributed by atoms with van der Waals surface area (Å²) < 4.78 is 6.11. The zero-order valence-corrected chi connectivity index (χ0v) is 20.0. The van der Waals surface area contributed by atoms with Crippen molar-refractivity contribution in [3.63, 3.8) is 0 Å². The molecule has 4 rings (SSSR count). The van der Waals surface area contributed by atoms with E-state index in [-0.39, 0.29) is 5.91 Å². The highest BCUT2D eigenvalue weighted by Crippen LogP contribution is 2.32. The Kier molecular flexibility index (Phi) is 7.93. The first kappa shape index (κ1) is 24.5. The molecule has 1 amide bonds. The van der Waals surface area contributed by atoms with Gasteiger partial charge in [-0.05, 0) is 54.0 Å². The maximum atomic E-state index is 12.6. The number of carbonyl (C=O) groups excluding carboxylic acids is 2. The lowest BCUT2D eigenvalue weighted by molar-refractivity contribution is -0.107. The molecule has 0 fully saturated rings. The molecule has 0 atom stereocenters. The fourth-order valence-corrected chi connectivity index (χ4v) is 3.92. The van der Waals surface area contributed by atoms with Crippen molar-refractivity contribution in [1.82, 2.24) is 10.3 Å². The predicted molar refractivity (Wildman–Crippen MR) is 143 cm³/mol. The number of fused-ring (bicyclic) bond motifs is 1. The number of nitrogens with two attached hydrogens (primary N) is 1. The Hall–Kier alpha value is -4.65. The number of hydrogen-bond donors (Lipinski definition) is 3. The summed E-state index contributed by atoms with van der Waals surface area (Å²) in [7, 11) is 1.59. The summed E-state index contributed by atoms with van der Waals surface area (Å²) in [4.78, 5) is 30.7. The van der Waals surface area contributed by atoms with Gasteiger partial charge in [0.1, 0.15) is 17.8 Å². The van der Waals surface area contributed by atoms with Crippen molar-refractivity contribution in [2.75, 3.05) is 7.05 Å². The molecule has 7 nitrogen and oxygen atoms in total. The molecule has 0 bridgehead atoms. The molecule has 4 aromatic rings. The third-order valence-electron chi connectivity index (χ3n) is 5.72. The summed E-state index contributed by atoms with van der Waals surface area (Å²) in [5.74, 6) is 0.794. The number of nitrogens with one attached hydrogen (secondary N) is 2. The molecule has 7 heteroatoms. The van der Waals surface area contributed by atoms with Gasteiger partial charge in [-0.2, -0.15) is 0 Å². The summed E-state index contributed by atoms with van der Waals surface area (Å²) in [6.45, 7) is 0.520. The number of benzene rings is 3. The molecule has 4 N–H and O–H groups in total. The molecule has 0 saturated carbocycles. The Bertz CT molecular complexity index is 1440. The molecule has 0 unspecified atom stereocenters. The number of aliphatic imine (C=N–C) groups is 1. The Labute approximate surface area is 209 Å². The van der Waals surface area contributed by atoms with Crippen molar-refractivity contribution in [1.29, 1.82) is 0 Å². The van der Waals surface area contributed by atoms with Gasteiger partial charge in [-0.3, -0.25) is 9.79 Å². The lowest BCUT2D eigenvalue weighted by Gasteiger charge is -2.12. The highest BCUT2D eigenvalue weighted by atomic mass is 16.5. The van der Waals surface area contributed by atoms with Gasteiger partial charge >= 0.3 is 0 Å².